The molecular weight excluding hydrogens is 200 g/mol. The van der Waals surface area contributed by atoms with Crippen LogP contribution in [0.15, 0.2) is 23.3 Å². The van der Waals surface area contributed by atoms with E-state index in [-0.39, 0.29) is 0 Å². The van der Waals surface area contributed by atoms with Crippen LogP contribution >= 0.6 is 11.6 Å². The van der Waals surface area contributed by atoms with Crippen molar-refractivity contribution in [2.45, 2.75) is 0 Å². The molecule has 0 saturated heterocycles. The lowest BCUT2D eigenvalue weighted by atomic mass is 9.95. The summed E-state index contributed by atoms with van der Waals surface area (Å²) >= 11 is 6.03. The fraction of sp³-hybridized carbons (Fsp3) is 0.300. The molecule has 0 fully saturated rings. The summed E-state index contributed by atoms with van der Waals surface area (Å²) < 4.78 is 5.62. The minimum atomic E-state index is 0.376. The Bertz CT molecular complexity index is 417. The third-order valence-corrected chi connectivity index (χ3v) is 2.89. The molecular formula is C10H9ClN2O. The number of hydrogen-bond acceptors (Lipinski definition) is 3. The van der Waals surface area contributed by atoms with Gasteiger partial charge >= 0.3 is 0 Å². The topological polar surface area (TPSA) is 33.6 Å². The van der Waals surface area contributed by atoms with Gasteiger partial charge < -0.3 is 10.2 Å². The number of rotatable bonds is 0. The Hall–Kier alpha value is -1.22. The van der Waals surface area contributed by atoms with Gasteiger partial charge in [0.05, 0.1) is 23.3 Å². The van der Waals surface area contributed by atoms with Gasteiger partial charge in [-0.25, -0.2) is 0 Å². The average molecular weight is 209 g/mol. The van der Waals surface area contributed by atoms with E-state index in [1.54, 1.807) is 0 Å². The second-order valence-corrected chi connectivity index (χ2v) is 3.89. The summed E-state index contributed by atoms with van der Waals surface area (Å²) in [4.78, 5) is 0. The third-order valence-electron chi connectivity index (χ3n) is 2.60. The van der Waals surface area contributed by atoms with Crippen LogP contribution in [0.3, 0.4) is 0 Å². The van der Waals surface area contributed by atoms with Gasteiger partial charge in [-0.1, -0.05) is 17.7 Å². The summed E-state index contributed by atoms with van der Waals surface area (Å²) in [6, 6.07) is 5.76. The quantitative estimate of drug-likeness (QED) is 0.704. The van der Waals surface area contributed by atoms with Gasteiger partial charge in [-0.05, 0) is 12.1 Å². The zero-order valence-corrected chi connectivity index (χ0v) is 8.21. The summed E-state index contributed by atoms with van der Waals surface area (Å²) in [6.45, 7) is 1.53. The van der Waals surface area contributed by atoms with Crippen molar-refractivity contribution in [3.05, 3.63) is 28.8 Å². The van der Waals surface area contributed by atoms with Gasteiger partial charge in [0, 0.05) is 12.1 Å². The van der Waals surface area contributed by atoms with E-state index in [0.29, 0.717) is 17.5 Å². The maximum absolute atomic E-state index is 6.03. The Balaban J connectivity index is 2.18. The lowest BCUT2D eigenvalue weighted by molar-refractivity contribution is 0.278. The van der Waals surface area contributed by atoms with Crippen LogP contribution in [0.5, 0.6) is 5.75 Å². The Labute approximate surface area is 86.7 Å². The maximum atomic E-state index is 6.03. The first-order valence-corrected chi connectivity index (χ1v) is 4.96. The van der Waals surface area contributed by atoms with Gasteiger partial charge in [-0.2, -0.15) is 5.10 Å². The van der Waals surface area contributed by atoms with Crippen LogP contribution in [0.1, 0.15) is 5.56 Å². The van der Waals surface area contributed by atoms with Crippen LogP contribution in [-0.2, 0) is 0 Å². The normalized spacial score (nSPS) is 22.9. The molecule has 4 heteroatoms. The van der Waals surface area contributed by atoms with Gasteiger partial charge in [0.25, 0.3) is 0 Å². The first kappa shape index (κ1) is 8.12. The van der Waals surface area contributed by atoms with Crippen molar-refractivity contribution in [1.82, 2.24) is 5.43 Å². The van der Waals surface area contributed by atoms with Crippen LogP contribution in [0.2, 0.25) is 5.02 Å². The number of nitrogens with zero attached hydrogens (tertiary/aromatic N) is 1. The zero-order valence-electron chi connectivity index (χ0n) is 7.46. The van der Waals surface area contributed by atoms with Gasteiger partial charge in [0.2, 0.25) is 0 Å². The van der Waals surface area contributed by atoms with Crippen LogP contribution in [0, 0.1) is 5.92 Å². The van der Waals surface area contributed by atoms with Crippen LogP contribution in [-0.4, -0.2) is 18.9 Å². The van der Waals surface area contributed by atoms with Crippen molar-refractivity contribution in [3.63, 3.8) is 0 Å². The smallest absolute Gasteiger partial charge is 0.147 e. The van der Waals surface area contributed by atoms with Gasteiger partial charge in [0.1, 0.15) is 5.75 Å². The van der Waals surface area contributed by atoms with E-state index in [2.05, 4.69) is 10.5 Å². The molecule has 0 aliphatic carbocycles. The van der Waals surface area contributed by atoms with E-state index in [4.69, 9.17) is 16.3 Å². The molecule has 1 aromatic rings. The summed E-state index contributed by atoms with van der Waals surface area (Å²) in [7, 11) is 0. The minimum absolute atomic E-state index is 0.376. The third kappa shape index (κ3) is 1.02. The van der Waals surface area contributed by atoms with Crippen molar-refractivity contribution >= 4 is 17.3 Å². The summed E-state index contributed by atoms with van der Waals surface area (Å²) in [6.07, 6.45) is 0. The molecule has 14 heavy (non-hydrogen) atoms. The van der Waals surface area contributed by atoms with E-state index in [1.165, 1.54) is 0 Å². The molecule has 3 rings (SSSR count). The Morgan fingerprint density at radius 3 is 3.36 bits per heavy atom. The molecule has 0 amide bonds. The number of hydrogen-bond donors (Lipinski definition) is 1. The second-order valence-electron chi connectivity index (χ2n) is 3.48. The molecule has 2 heterocycles. The van der Waals surface area contributed by atoms with E-state index in [1.807, 2.05) is 18.2 Å². The first-order valence-electron chi connectivity index (χ1n) is 4.58. The predicted octanol–water partition coefficient (Wildman–Crippen LogP) is 1.66. The number of nitrogens with one attached hydrogen (secondary N) is 1. The maximum Gasteiger partial charge on any atom is 0.147 e. The average Bonchev–Trinajstić information content (AvgIpc) is 2.66. The Kier molecular flexibility index (Phi) is 1.67. The van der Waals surface area contributed by atoms with Gasteiger partial charge in [-0.15, -0.1) is 0 Å². The zero-order chi connectivity index (χ0) is 9.54. The lowest BCUT2D eigenvalue weighted by Crippen LogP contribution is -2.28. The SMILES string of the molecule is Clc1cccc2c1OCC1CNN=C21. The standard InChI is InChI=1S/C10H9ClN2O/c11-8-3-1-2-7-9-6(4-12-13-9)5-14-10(7)8/h1-3,6,12H,4-5H2. The van der Waals surface area contributed by atoms with Crippen molar-refractivity contribution in [3.8, 4) is 5.75 Å². The molecule has 3 nitrogen and oxygen atoms in total. The molecule has 2 aliphatic heterocycles. The van der Waals surface area contributed by atoms with E-state index >= 15 is 0 Å². The van der Waals surface area contributed by atoms with Gasteiger partial charge in [-0.3, -0.25) is 0 Å². The van der Waals surface area contributed by atoms with Crippen molar-refractivity contribution < 1.29 is 4.74 Å². The van der Waals surface area contributed by atoms with E-state index < -0.39 is 0 Å². The summed E-state index contributed by atoms with van der Waals surface area (Å²) in [5.74, 6) is 1.15. The summed E-state index contributed by atoms with van der Waals surface area (Å²) in [5, 5.41) is 4.93. The number of ether oxygens (including phenoxy) is 1. The molecule has 0 spiro atoms. The van der Waals surface area contributed by atoms with Crippen molar-refractivity contribution in [2.24, 2.45) is 11.0 Å². The molecule has 0 bridgehead atoms. The van der Waals surface area contributed by atoms with Crippen LogP contribution in [0.4, 0.5) is 0 Å². The molecule has 0 radical (unpaired) electrons. The van der Waals surface area contributed by atoms with Crippen LogP contribution < -0.4 is 10.2 Å². The fourth-order valence-corrected chi connectivity index (χ4v) is 2.12. The lowest BCUT2D eigenvalue weighted by Gasteiger charge is -2.22. The summed E-state index contributed by atoms with van der Waals surface area (Å²) in [5.41, 5.74) is 5.09. The molecule has 1 atom stereocenters. The Morgan fingerprint density at radius 1 is 1.50 bits per heavy atom. The molecule has 1 aromatic carbocycles. The highest BCUT2D eigenvalue weighted by atomic mass is 35.5. The predicted molar refractivity (Wildman–Crippen MR) is 55.0 cm³/mol. The highest BCUT2D eigenvalue weighted by Gasteiger charge is 2.31. The van der Waals surface area contributed by atoms with Crippen molar-refractivity contribution in [1.29, 1.82) is 0 Å². The first-order chi connectivity index (χ1) is 6.86. The van der Waals surface area contributed by atoms with Crippen molar-refractivity contribution in [2.75, 3.05) is 13.2 Å². The second kappa shape index (κ2) is 2.89. The molecule has 1 unspecified atom stereocenters. The Morgan fingerprint density at radius 2 is 2.43 bits per heavy atom. The number of halogens is 1. The van der Waals surface area contributed by atoms with Crippen LogP contribution in [0.25, 0.3) is 0 Å². The number of benzene rings is 1. The van der Waals surface area contributed by atoms with E-state index in [9.17, 15) is 0 Å². The number of para-hydroxylation sites is 1. The fourth-order valence-electron chi connectivity index (χ4n) is 1.89. The van der Waals surface area contributed by atoms with E-state index in [0.717, 1.165) is 23.6 Å². The molecule has 1 N–H and O–H groups in total. The molecule has 72 valence electrons. The largest absolute Gasteiger partial charge is 0.491 e. The highest BCUT2D eigenvalue weighted by molar-refractivity contribution is 6.33. The minimum Gasteiger partial charge on any atom is -0.491 e. The molecule has 0 aromatic heterocycles. The molecule has 2 aliphatic rings. The monoisotopic (exact) mass is 208 g/mol. The molecule has 0 saturated carbocycles. The van der Waals surface area contributed by atoms with Gasteiger partial charge in [0.15, 0.2) is 0 Å². The number of fused-ring (bicyclic) bond motifs is 3. The number of hydrazone groups is 1. The highest BCUT2D eigenvalue weighted by Crippen LogP contribution is 2.35.